The summed E-state index contributed by atoms with van der Waals surface area (Å²) in [6.07, 6.45) is 1.75. The number of ether oxygens (including phenoxy) is 1. The summed E-state index contributed by atoms with van der Waals surface area (Å²) in [6.45, 7) is 20.5. The minimum Gasteiger partial charge on any atom is -0.426 e. The summed E-state index contributed by atoms with van der Waals surface area (Å²) < 4.78 is 4.91. The lowest BCUT2D eigenvalue weighted by Crippen LogP contribution is -2.02. The predicted molar refractivity (Wildman–Crippen MR) is 92.4 cm³/mol. The summed E-state index contributed by atoms with van der Waals surface area (Å²) in [6, 6.07) is 7.42. The Hall–Kier alpha value is -1.57. The molecule has 0 aliphatic carbocycles. The maximum atomic E-state index is 10.5. The first-order valence-electron chi connectivity index (χ1n) is 7.43. The molecule has 20 heavy (non-hydrogen) atoms. The van der Waals surface area contributed by atoms with E-state index in [0.29, 0.717) is 5.75 Å². The molecule has 0 bridgehead atoms. The lowest BCUT2D eigenvalue weighted by Gasteiger charge is -2.02. The molecule has 0 unspecified atom stereocenters. The molecule has 0 radical (unpaired) electrons. The molecule has 0 atom stereocenters. The van der Waals surface area contributed by atoms with Crippen LogP contribution in [0.5, 0.6) is 5.75 Å². The Bertz CT molecular complexity index is 304. The van der Waals surface area contributed by atoms with E-state index in [1.807, 2.05) is 73.6 Å². The lowest BCUT2D eigenvalue weighted by molar-refractivity contribution is -0.131. The number of allylic oxidation sites excluding steroid dienone is 1. The van der Waals surface area contributed by atoms with Gasteiger partial charge in [-0.15, -0.1) is 6.58 Å². The van der Waals surface area contributed by atoms with Gasteiger partial charge in [-0.3, -0.25) is 4.79 Å². The van der Waals surface area contributed by atoms with Crippen molar-refractivity contribution >= 4 is 5.97 Å². The normalized spacial score (nSPS) is 6.65. The summed E-state index contributed by atoms with van der Waals surface area (Å²) in [4.78, 5) is 10.5. The molecular formula is C18H34O2. The van der Waals surface area contributed by atoms with Crippen LogP contribution in [0.25, 0.3) is 0 Å². The molecule has 1 aromatic rings. The molecule has 1 aromatic carbocycles. The SMILES string of the molecule is C=CC.CC.CC.CC.CC(=O)Oc1ccccc1C. The molecule has 0 spiro atoms. The van der Waals surface area contributed by atoms with Gasteiger partial charge in [-0.1, -0.05) is 65.8 Å². The van der Waals surface area contributed by atoms with Gasteiger partial charge in [0.2, 0.25) is 0 Å². The van der Waals surface area contributed by atoms with Crippen molar-refractivity contribution < 1.29 is 9.53 Å². The molecule has 0 N–H and O–H groups in total. The van der Waals surface area contributed by atoms with Crippen molar-refractivity contribution in [2.24, 2.45) is 0 Å². The first-order chi connectivity index (χ1) is 9.61. The van der Waals surface area contributed by atoms with Crippen molar-refractivity contribution in [2.75, 3.05) is 0 Å². The van der Waals surface area contributed by atoms with Crippen molar-refractivity contribution in [1.29, 1.82) is 0 Å². The van der Waals surface area contributed by atoms with Crippen molar-refractivity contribution in [3.63, 3.8) is 0 Å². The number of carbonyl (C=O) groups is 1. The highest BCUT2D eigenvalue weighted by Crippen LogP contribution is 2.15. The first-order valence-corrected chi connectivity index (χ1v) is 7.43. The fraction of sp³-hybridized carbons (Fsp3) is 0.500. The number of aryl methyl sites for hydroxylation is 1. The van der Waals surface area contributed by atoms with Crippen LogP contribution in [-0.4, -0.2) is 5.97 Å². The van der Waals surface area contributed by atoms with E-state index in [4.69, 9.17) is 4.74 Å². The summed E-state index contributed by atoms with van der Waals surface area (Å²) in [7, 11) is 0. The topological polar surface area (TPSA) is 26.3 Å². The summed E-state index contributed by atoms with van der Waals surface area (Å²) in [5.41, 5.74) is 0.975. The highest BCUT2D eigenvalue weighted by atomic mass is 16.5. The third kappa shape index (κ3) is 21.7. The van der Waals surface area contributed by atoms with Gasteiger partial charge in [0.15, 0.2) is 0 Å². The number of benzene rings is 1. The van der Waals surface area contributed by atoms with Gasteiger partial charge in [-0.25, -0.2) is 0 Å². The molecule has 0 saturated heterocycles. The molecule has 0 aliphatic heterocycles. The molecule has 2 heteroatoms. The number of carbonyl (C=O) groups excluding carboxylic acids is 1. The number of esters is 1. The molecule has 0 aromatic heterocycles. The zero-order chi connectivity index (χ0) is 17.0. The Morgan fingerprint density at radius 3 is 1.70 bits per heavy atom. The van der Waals surface area contributed by atoms with Crippen molar-refractivity contribution in [1.82, 2.24) is 0 Å². The van der Waals surface area contributed by atoms with Crippen molar-refractivity contribution in [3.8, 4) is 5.75 Å². The van der Waals surface area contributed by atoms with Crippen LogP contribution in [0.1, 0.15) is 61.0 Å². The van der Waals surface area contributed by atoms with Gasteiger partial charge in [0, 0.05) is 6.92 Å². The van der Waals surface area contributed by atoms with Gasteiger partial charge in [0.25, 0.3) is 0 Å². The third-order valence-corrected chi connectivity index (χ3v) is 1.35. The zero-order valence-electron chi connectivity index (χ0n) is 14.9. The second-order valence-electron chi connectivity index (χ2n) is 2.77. The lowest BCUT2D eigenvalue weighted by atomic mass is 10.2. The Morgan fingerprint density at radius 2 is 1.40 bits per heavy atom. The van der Waals surface area contributed by atoms with E-state index in [1.54, 1.807) is 12.1 Å². The van der Waals surface area contributed by atoms with Crippen LogP contribution in [0.4, 0.5) is 0 Å². The van der Waals surface area contributed by atoms with E-state index >= 15 is 0 Å². The van der Waals surface area contributed by atoms with Gasteiger partial charge in [0.05, 0.1) is 0 Å². The van der Waals surface area contributed by atoms with E-state index in [0.717, 1.165) is 5.56 Å². The molecule has 0 fully saturated rings. The quantitative estimate of drug-likeness (QED) is 0.348. The van der Waals surface area contributed by atoms with E-state index in [-0.39, 0.29) is 5.97 Å². The van der Waals surface area contributed by atoms with Crippen LogP contribution in [0.15, 0.2) is 36.9 Å². The minimum absolute atomic E-state index is 0.278. The van der Waals surface area contributed by atoms with Crippen LogP contribution in [0.2, 0.25) is 0 Å². The molecule has 0 aliphatic rings. The van der Waals surface area contributed by atoms with Crippen molar-refractivity contribution in [2.45, 2.75) is 62.3 Å². The van der Waals surface area contributed by atoms with E-state index in [9.17, 15) is 4.79 Å². The van der Waals surface area contributed by atoms with E-state index < -0.39 is 0 Å². The Morgan fingerprint density at radius 1 is 1.05 bits per heavy atom. The highest BCUT2D eigenvalue weighted by molar-refractivity contribution is 5.69. The minimum atomic E-state index is -0.278. The second-order valence-corrected chi connectivity index (χ2v) is 2.77. The van der Waals surface area contributed by atoms with Gasteiger partial charge in [0.1, 0.15) is 5.75 Å². The van der Waals surface area contributed by atoms with Gasteiger partial charge >= 0.3 is 5.97 Å². The zero-order valence-corrected chi connectivity index (χ0v) is 14.9. The Balaban J connectivity index is -0.000000121. The Labute approximate surface area is 126 Å². The number of rotatable bonds is 1. The van der Waals surface area contributed by atoms with E-state index in [2.05, 4.69) is 6.58 Å². The third-order valence-electron chi connectivity index (χ3n) is 1.35. The fourth-order valence-electron chi connectivity index (χ4n) is 0.826. The van der Waals surface area contributed by atoms with Crippen molar-refractivity contribution in [3.05, 3.63) is 42.5 Å². The summed E-state index contributed by atoms with van der Waals surface area (Å²) in [5.74, 6) is 0.360. The Kier molecular flexibility index (Phi) is 35.1. The maximum absolute atomic E-state index is 10.5. The molecule has 2 nitrogen and oxygen atoms in total. The molecule has 118 valence electrons. The van der Waals surface area contributed by atoms with Gasteiger partial charge in [-0.2, -0.15) is 0 Å². The molecule has 1 rings (SSSR count). The van der Waals surface area contributed by atoms with Crippen LogP contribution >= 0.6 is 0 Å². The monoisotopic (exact) mass is 282 g/mol. The summed E-state index contributed by atoms with van der Waals surface area (Å²) in [5, 5.41) is 0. The van der Waals surface area contributed by atoms with Crippen LogP contribution in [-0.2, 0) is 4.79 Å². The highest BCUT2D eigenvalue weighted by Gasteiger charge is 1.99. The first kappa shape index (κ1) is 26.9. The van der Waals surface area contributed by atoms with Gasteiger partial charge in [-0.05, 0) is 25.5 Å². The number of hydrogen-bond donors (Lipinski definition) is 0. The summed E-state index contributed by atoms with van der Waals surface area (Å²) >= 11 is 0. The molecular weight excluding hydrogens is 248 g/mol. The molecule has 0 heterocycles. The second kappa shape index (κ2) is 26.1. The molecule has 0 amide bonds. The average molecular weight is 282 g/mol. The van der Waals surface area contributed by atoms with Crippen LogP contribution in [0, 0.1) is 6.92 Å². The number of hydrogen-bond acceptors (Lipinski definition) is 2. The average Bonchev–Trinajstić information content (AvgIpc) is 2.48. The van der Waals surface area contributed by atoms with Crippen LogP contribution < -0.4 is 4.74 Å². The fourth-order valence-corrected chi connectivity index (χ4v) is 0.826. The maximum Gasteiger partial charge on any atom is 0.308 e. The van der Waals surface area contributed by atoms with Crippen LogP contribution in [0.3, 0.4) is 0 Å². The smallest absolute Gasteiger partial charge is 0.308 e. The largest absolute Gasteiger partial charge is 0.426 e. The number of para-hydroxylation sites is 1. The van der Waals surface area contributed by atoms with E-state index in [1.165, 1.54) is 6.92 Å². The van der Waals surface area contributed by atoms with Gasteiger partial charge < -0.3 is 4.74 Å². The standard InChI is InChI=1S/C9H10O2.C3H6.3C2H6/c1-7-5-3-4-6-9(7)11-8(2)10;1-3-2;3*1-2/h3-6H,1-2H3;3H,1H2,2H3;3*1-2H3. The molecule has 0 saturated carbocycles. The predicted octanol–water partition coefficient (Wildman–Crippen LogP) is 6.19.